The first-order valence-corrected chi connectivity index (χ1v) is 23.3. The van der Waals surface area contributed by atoms with Crippen LogP contribution in [0.3, 0.4) is 0 Å². The third-order valence-corrected chi connectivity index (χ3v) is 7.88. The van der Waals surface area contributed by atoms with Gasteiger partial charge in [-0.3, -0.25) is 4.57 Å². The molecule has 331 valence electrons. The van der Waals surface area contributed by atoms with Crippen LogP contribution in [-0.2, 0) is 56.5 Å². The predicted molar refractivity (Wildman–Crippen MR) is 267 cm³/mol. The Kier molecular flexibility index (Phi) is 45.8. The molecule has 0 aliphatic carbocycles. The SMILES string of the molecule is CC.CC.CC.CC.CC.CC.CC.CC.O=Pc1ccc(Cc2ccc(Oc3ccc(Cc4ccc(Oc5ccc(Cc6ccc(O)cc6)cc5)cc4)cc3)cc2)cc1.[Y]. The molecule has 0 saturated heterocycles. The minimum absolute atomic E-state index is 0. The van der Waals surface area contributed by atoms with Gasteiger partial charge in [-0.2, -0.15) is 0 Å². The van der Waals surface area contributed by atoms with Crippen LogP contribution in [-0.4, -0.2) is 5.11 Å². The zero-order chi connectivity index (χ0) is 46.1. The number of ether oxygens (including phenoxy) is 2. The molecule has 6 heteroatoms. The number of hydrogen-bond donors (Lipinski definition) is 1. The number of phenols is 1. The van der Waals surface area contributed by atoms with Gasteiger partial charge in [0.05, 0.1) is 0 Å². The molecule has 0 aromatic heterocycles. The average molecular weight is 924 g/mol. The average Bonchev–Trinajstić information content (AvgIpc) is 3.35. The van der Waals surface area contributed by atoms with Crippen molar-refractivity contribution in [3.05, 3.63) is 179 Å². The molecule has 0 atom stereocenters. The monoisotopic (exact) mass is 923 g/mol. The Morgan fingerprint density at radius 1 is 0.328 bits per heavy atom. The second kappa shape index (κ2) is 44.0. The maximum Gasteiger partial charge on any atom is 0.192 e. The van der Waals surface area contributed by atoms with Crippen molar-refractivity contribution < 1.29 is 51.9 Å². The maximum absolute atomic E-state index is 11.0. The van der Waals surface area contributed by atoms with Gasteiger partial charge in [-0.15, -0.1) is 0 Å². The quantitative estimate of drug-likeness (QED) is 0.132. The van der Waals surface area contributed by atoms with E-state index < -0.39 is 0 Å². The zero-order valence-corrected chi connectivity index (χ0v) is 44.4. The molecule has 0 bridgehead atoms. The summed E-state index contributed by atoms with van der Waals surface area (Å²) in [4.78, 5) is 0. The second-order valence-corrected chi connectivity index (χ2v) is 11.4. The Morgan fingerprint density at radius 3 is 0.705 bits per heavy atom. The summed E-state index contributed by atoms with van der Waals surface area (Å²) in [5, 5.41) is 10.3. The molecule has 6 aromatic rings. The summed E-state index contributed by atoms with van der Waals surface area (Å²) in [6.07, 6.45) is 2.43. The Labute approximate surface area is 400 Å². The van der Waals surface area contributed by atoms with Crippen molar-refractivity contribution in [2.75, 3.05) is 0 Å². The minimum Gasteiger partial charge on any atom is -0.508 e. The number of phenolic OH excluding ortho intramolecular Hbond substituents is 1. The minimum atomic E-state index is 0. The van der Waals surface area contributed by atoms with Gasteiger partial charge in [0.2, 0.25) is 0 Å². The first-order valence-electron chi connectivity index (χ1n) is 22.5. The molecule has 0 aliphatic heterocycles. The first kappa shape index (κ1) is 63.6. The summed E-state index contributed by atoms with van der Waals surface area (Å²) in [7, 11) is 0.0494. The van der Waals surface area contributed by atoms with E-state index in [4.69, 9.17) is 9.47 Å². The molecule has 6 rings (SSSR count). The molecule has 0 amide bonds. The van der Waals surface area contributed by atoms with Gasteiger partial charge in [0.25, 0.3) is 0 Å². The van der Waals surface area contributed by atoms with Crippen LogP contribution in [0.5, 0.6) is 28.7 Å². The van der Waals surface area contributed by atoms with Crippen molar-refractivity contribution in [1.82, 2.24) is 0 Å². The fraction of sp³-hybridized carbons (Fsp3) is 0.345. The summed E-state index contributed by atoms with van der Waals surface area (Å²) in [5.41, 5.74) is 7.11. The Hall–Kier alpha value is -4.08. The molecule has 0 heterocycles. The van der Waals surface area contributed by atoms with E-state index in [9.17, 15) is 9.67 Å². The number of benzene rings is 6. The smallest absolute Gasteiger partial charge is 0.192 e. The Bertz CT molecular complexity index is 1800. The van der Waals surface area contributed by atoms with E-state index >= 15 is 0 Å². The van der Waals surface area contributed by atoms with Crippen LogP contribution < -0.4 is 14.8 Å². The van der Waals surface area contributed by atoms with Crippen LogP contribution in [0.1, 0.15) is 144 Å². The van der Waals surface area contributed by atoms with E-state index in [0.717, 1.165) is 53.1 Å². The molecule has 0 unspecified atom stereocenters. The summed E-state index contributed by atoms with van der Waals surface area (Å²) >= 11 is 0. The first-order chi connectivity index (χ1) is 29.6. The van der Waals surface area contributed by atoms with Crippen LogP contribution in [0.4, 0.5) is 0 Å². The maximum atomic E-state index is 11.0. The third-order valence-electron chi connectivity index (χ3n) is 7.37. The second-order valence-electron chi connectivity index (χ2n) is 10.7. The van der Waals surface area contributed by atoms with E-state index in [0.29, 0.717) is 0 Å². The molecule has 1 N–H and O–H groups in total. The van der Waals surface area contributed by atoms with Crippen LogP contribution in [0, 0.1) is 0 Å². The van der Waals surface area contributed by atoms with Gasteiger partial charge in [-0.25, -0.2) is 0 Å². The molecule has 0 saturated carbocycles. The number of rotatable bonds is 11. The molecule has 1 radical (unpaired) electrons. The summed E-state index contributed by atoms with van der Waals surface area (Å²) in [6, 6.07) is 47.7. The van der Waals surface area contributed by atoms with E-state index in [-0.39, 0.29) is 46.9 Å². The third kappa shape index (κ3) is 26.8. The molecular formula is C55H79O4PY. The number of hydrogen-bond acceptors (Lipinski definition) is 4. The molecule has 0 spiro atoms. The molecule has 6 aromatic carbocycles. The predicted octanol–water partition coefficient (Wildman–Crippen LogP) is 17.9. The van der Waals surface area contributed by atoms with Crippen LogP contribution in [0.15, 0.2) is 146 Å². The molecule has 0 fully saturated rings. The van der Waals surface area contributed by atoms with Crippen molar-refractivity contribution in [2.45, 2.75) is 130 Å². The summed E-state index contributed by atoms with van der Waals surface area (Å²) in [5.74, 6) is 3.47. The zero-order valence-electron chi connectivity index (χ0n) is 40.7. The van der Waals surface area contributed by atoms with Gasteiger partial charge in [-0.1, -0.05) is 184 Å². The topological polar surface area (TPSA) is 55.8 Å². The van der Waals surface area contributed by atoms with E-state index in [1.165, 1.54) is 27.8 Å². The standard InChI is InChI=1S/C39H31O4P.8C2H6.Y/c40-34-13-1-28(2-14-34)25-29-3-15-35(16-4-29)42-36-17-5-30(6-18-36)26-31-7-19-37(20-8-31)43-38-21-9-32(10-22-38)27-33-11-23-39(44-41)24-12-33;8*1-2;/h1-24,40H,25-27H2;8*1-2H3;. The molecule has 4 nitrogen and oxygen atoms in total. The van der Waals surface area contributed by atoms with Crippen molar-refractivity contribution >= 4 is 13.8 Å². The van der Waals surface area contributed by atoms with Crippen molar-refractivity contribution in [1.29, 1.82) is 0 Å². The van der Waals surface area contributed by atoms with Crippen LogP contribution in [0.25, 0.3) is 0 Å². The summed E-state index contributed by atoms with van der Waals surface area (Å²) in [6.45, 7) is 32.0. The normalized spacial score (nSPS) is 8.66. The van der Waals surface area contributed by atoms with Gasteiger partial charge < -0.3 is 14.6 Å². The van der Waals surface area contributed by atoms with Crippen molar-refractivity contribution in [2.24, 2.45) is 0 Å². The Balaban J connectivity index is -0.000000860. The van der Waals surface area contributed by atoms with E-state index in [1.807, 2.05) is 196 Å². The van der Waals surface area contributed by atoms with Gasteiger partial charge in [0.15, 0.2) is 8.46 Å². The van der Waals surface area contributed by atoms with Crippen LogP contribution >= 0.6 is 8.46 Å². The molecule has 61 heavy (non-hydrogen) atoms. The van der Waals surface area contributed by atoms with E-state index in [2.05, 4.69) is 48.5 Å². The fourth-order valence-corrected chi connectivity index (χ4v) is 5.24. The van der Waals surface area contributed by atoms with Crippen molar-refractivity contribution in [3.63, 3.8) is 0 Å². The van der Waals surface area contributed by atoms with Gasteiger partial charge in [0, 0.05) is 38.0 Å². The van der Waals surface area contributed by atoms with Crippen molar-refractivity contribution in [3.8, 4) is 28.7 Å². The van der Waals surface area contributed by atoms with Gasteiger partial charge >= 0.3 is 0 Å². The molecule has 0 aliphatic rings. The Morgan fingerprint density at radius 2 is 0.508 bits per heavy atom. The van der Waals surface area contributed by atoms with Gasteiger partial charge in [0.1, 0.15) is 28.7 Å². The van der Waals surface area contributed by atoms with Crippen LogP contribution in [0.2, 0.25) is 0 Å². The largest absolute Gasteiger partial charge is 0.508 e. The van der Waals surface area contributed by atoms with E-state index in [1.54, 1.807) is 12.1 Å². The fourth-order valence-electron chi connectivity index (χ4n) is 4.97. The number of aromatic hydroxyl groups is 1. The summed E-state index contributed by atoms with van der Waals surface area (Å²) < 4.78 is 23.1. The van der Waals surface area contributed by atoms with Gasteiger partial charge in [-0.05, 0) is 125 Å². The molecular weight excluding hydrogens is 844 g/mol.